The second kappa shape index (κ2) is 7.41. The van der Waals surface area contributed by atoms with Crippen LogP contribution in [0.3, 0.4) is 0 Å². The molecule has 0 unspecified atom stereocenters. The molecule has 3 aromatic rings. The first-order valence-corrected chi connectivity index (χ1v) is 9.58. The third kappa shape index (κ3) is 3.17. The first kappa shape index (κ1) is 18.3. The van der Waals surface area contributed by atoms with E-state index in [0.717, 1.165) is 11.1 Å². The van der Waals surface area contributed by atoms with E-state index in [1.807, 2.05) is 18.4 Å². The lowest BCUT2D eigenvalue weighted by Crippen LogP contribution is -2.31. The van der Waals surface area contributed by atoms with Crippen LogP contribution in [0.4, 0.5) is 0 Å². The van der Waals surface area contributed by atoms with Gasteiger partial charge in [-0.25, -0.2) is 9.78 Å². The van der Waals surface area contributed by atoms with Crippen molar-refractivity contribution >= 4 is 27.5 Å². The van der Waals surface area contributed by atoms with Crippen molar-refractivity contribution in [1.82, 2.24) is 9.55 Å². The minimum Gasteiger partial charge on any atom is -0.464 e. The molecule has 0 saturated carbocycles. The van der Waals surface area contributed by atoms with Gasteiger partial charge in [-0.05, 0) is 43.9 Å². The van der Waals surface area contributed by atoms with Crippen LogP contribution in [-0.2, 0) is 9.53 Å². The standard InChI is InChI=1S/C20H22N2O3S/c1-5-16(20(24)25-6-2)22-11-21-18-17(19(22)23)15(10-26-18)14-8-7-12(3)13(4)9-14/h7-11,16H,5-6H2,1-4H3/t16-/m0/s1. The Balaban J connectivity index is 2.18. The fourth-order valence-corrected chi connectivity index (χ4v) is 3.91. The van der Waals surface area contributed by atoms with E-state index in [2.05, 4.69) is 31.0 Å². The van der Waals surface area contributed by atoms with Gasteiger partial charge in [0.1, 0.15) is 10.9 Å². The molecule has 0 aliphatic carbocycles. The lowest BCUT2D eigenvalue weighted by Gasteiger charge is -2.16. The van der Waals surface area contributed by atoms with Gasteiger partial charge in [-0.3, -0.25) is 9.36 Å². The van der Waals surface area contributed by atoms with Crippen LogP contribution in [0.1, 0.15) is 37.4 Å². The van der Waals surface area contributed by atoms with Crippen molar-refractivity contribution in [3.63, 3.8) is 0 Å². The van der Waals surface area contributed by atoms with Gasteiger partial charge in [-0.1, -0.05) is 25.1 Å². The molecule has 6 heteroatoms. The molecule has 0 spiro atoms. The highest BCUT2D eigenvalue weighted by Gasteiger charge is 2.23. The molecule has 2 aromatic heterocycles. The van der Waals surface area contributed by atoms with Gasteiger partial charge in [0.25, 0.3) is 5.56 Å². The molecule has 1 atom stereocenters. The summed E-state index contributed by atoms with van der Waals surface area (Å²) in [4.78, 5) is 30.5. The summed E-state index contributed by atoms with van der Waals surface area (Å²) < 4.78 is 6.52. The minimum atomic E-state index is -0.660. The lowest BCUT2D eigenvalue weighted by molar-refractivity contribution is -0.147. The first-order valence-electron chi connectivity index (χ1n) is 8.70. The van der Waals surface area contributed by atoms with Gasteiger partial charge in [0.2, 0.25) is 0 Å². The molecule has 1 aromatic carbocycles. The number of benzene rings is 1. The highest BCUT2D eigenvalue weighted by atomic mass is 32.1. The monoisotopic (exact) mass is 370 g/mol. The van der Waals surface area contributed by atoms with Crippen molar-refractivity contribution in [3.05, 3.63) is 51.4 Å². The van der Waals surface area contributed by atoms with Gasteiger partial charge >= 0.3 is 5.97 Å². The van der Waals surface area contributed by atoms with Gasteiger partial charge in [0.15, 0.2) is 0 Å². The maximum absolute atomic E-state index is 13.2. The van der Waals surface area contributed by atoms with Crippen LogP contribution in [-0.4, -0.2) is 22.1 Å². The minimum absolute atomic E-state index is 0.204. The molecule has 136 valence electrons. The summed E-state index contributed by atoms with van der Waals surface area (Å²) in [7, 11) is 0. The summed E-state index contributed by atoms with van der Waals surface area (Å²) in [5.41, 5.74) is 4.02. The van der Waals surface area contributed by atoms with Gasteiger partial charge in [0, 0.05) is 10.9 Å². The fraction of sp³-hybridized carbons (Fsp3) is 0.350. The van der Waals surface area contributed by atoms with Crippen LogP contribution in [0.5, 0.6) is 0 Å². The molecule has 0 N–H and O–H groups in total. The average Bonchev–Trinajstić information content (AvgIpc) is 3.05. The normalized spacial score (nSPS) is 12.3. The van der Waals surface area contributed by atoms with Crippen LogP contribution in [0.2, 0.25) is 0 Å². The topological polar surface area (TPSA) is 61.2 Å². The Labute approximate surface area is 156 Å². The molecular formula is C20H22N2O3S. The molecule has 0 amide bonds. The van der Waals surface area contributed by atoms with Crippen molar-refractivity contribution in [3.8, 4) is 11.1 Å². The van der Waals surface area contributed by atoms with E-state index in [0.29, 0.717) is 16.6 Å². The van der Waals surface area contributed by atoms with Gasteiger partial charge in [-0.2, -0.15) is 0 Å². The largest absolute Gasteiger partial charge is 0.464 e. The van der Waals surface area contributed by atoms with E-state index in [-0.39, 0.29) is 12.2 Å². The quantitative estimate of drug-likeness (QED) is 0.630. The molecule has 5 nitrogen and oxygen atoms in total. The van der Waals surface area contributed by atoms with Crippen LogP contribution in [0.25, 0.3) is 21.3 Å². The third-order valence-corrected chi connectivity index (χ3v) is 5.50. The zero-order valence-electron chi connectivity index (χ0n) is 15.4. The summed E-state index contributed by atoms with van der Waals surface area (Å²) >= 11 is 1.44. The SMILES string of the molecule is CCOC(=O)[C@H](CC)n1cnc2scc(-c3ccc(C)c(C)c3)c2c1=O. The number of carbonyl (C=O) groups excluding carboxylic acids is 1. The molecule has 0 bridgehead atoms. The number of fused-ring (bicyclic) bond motifs is 1. The molecule has 26 heavy (non-hydrogen) atoms. The van der Waals surface area contributed by atoms with E-state index in [9.17, 15) is 9.59 Å². The maximum Gasteiger partial charge on any atom is 0.329 e. The number of carbonyl (C=O) groups is 1. The molecule has 0 fully saturated rings. The van der Waals surface area contributed by atoms with Crippen LogP contribution in [0.15, 0.2) is 34.7 Å². The third-order valence-electron chi connectivity index (χ3n) is 4.62. The highest BCUT2D eigenvalue weighted by Crippen LogP contribution is 2.32. The lowest BCUT2D eigenvalue weighted by atomic mass is 10.0. The number of aromatic nitrogens is 2. The Morgan fingerprint density at radius 2 is 2.04 bits per heavy atom. The second-order valence-corrected chi connectivity index (χ2v) is 7.12. The smallest absolute Gasteiger partial charge is 0.329 e. The Bertz CT molecular complexity index is 1020. The number of nitrogens with zero attached hydrogens (tertiary/aromatic N) is 2. The van der Waals surface area contributed by atoms with Crippen molar-refractivity contribution in [2.45, 2.75) is 40.2 Å². The van der Waals surface area contributed by atoms with Gasteiger partial charge in [0.05, 0.1) is 18.3 Å². The highest BCUT2D eigenvalue weighted by molar-refractivity contribution is 7.17. The Kier molecular flexibility index (Phi) is 5.23. The van der Waals surface area contributed by atoms with Crippen LogP contribution < -0.4 is 5.56 Å². The van der Waals surface area contributed by atoms with Crippen molar-refractivity contribution in [2.75, 3.05) is 6.61 Å². The van der Waals surface area contributed by atoms with Crippen molar-refractivity contribution < 1.29 is 9.53 Å². The second-order valence-electron chi connectivity index (χ2n) is 6.26. The Hall–Kier alpha value is -2.47. The van der Waals surface area contributed by atoms with Crippen molar-refractivity contribution in [1.29, 1.82) is 0 Å². The first-order chi connectivity index (χ1) is 12.5. The molecule has 2 heterocycles. The number of thiophene rings is 1. The predicted octanol–water partition coefficient (Wildman–Crippen LogP) is 4.26. The molecule has 0 radical (unpaired) electrons. The van der Waals surface area contributed by atoms with E-state index < -0.39 is 12.0 Å². The molecule has 0 aliphatic rings. The summed E-state index contributed by atoms with van der Waals surface area (Å²) in [6.45, 7) is 8.01. The zero-order chi connectivity index (χ0) is 18.8. The summed E-state index contributed by atoms with van der Waals surface area (Å²) in [6.07, 6.45) is 1.92. The van der Waals surface area contributed by atoms with Gasteiger partial charge in [-0.15, -0.1) is 11.3 Å². The Morgan fingerprint density at radius 1 is 1.27 bits per heavy atom. The van der Waals surface area contributed by atoms with E-state index in [1.54, 1.807) is 6.92 Å². The van der Waals surface area contributed by atoms with Crippen LogP contribution >= 0.6 is 11.3 Å². The number of ether oxygens (including phenoxy) is 1. The average molecular weight is 370 g/mol. The molecule has 0 aliphatic heterocycles. The predicted molar refractivity (Wildman–Crippen MR) is 105 cm³/mol. The summed E-state index contributed by atoms with van der Waals surface area (Å²) in [5, 5.41) is 2.52. The number of aryl methyl sites for hydroxylation is 2. The fourth-order valence-electron chi connectivity index (χ4n) is 3.00. The van der Waals surface area contributed by atoms with E-state index in [4.69, 9.17) is 4.74 Å². The number of hydrogen-bond donors (Lipinski definition) is 0. The number of rotatable bonds is 5. The van der Waals surface area contributed by atoms with Gasteiger partial charge < -0.3 is 4.74 Å². The summed E-state index contributed by atoms with van der Waals surface area (Å²) in [6, 6.07) is 5.49. The van der Waals surface area contributed by atoms with E-state index in [1.165, 1.54) is 33.4 Å². The van der Waals surface area contributed by atoms with E-state index >= 15 is 0 Å². The molecule has 0 saturated heterocycles. The van der Waals surface area contributed by atoms with Crippen molar-refractivity contribution in [2.24, 2.45) is 0 Å². The number of esters is 1. The summed E-state index contributed by atoms with van der Waals surface area (Å²) in [5.74, 6) is -0.402. The zero-order valence-corrected chi connectivity index (χ0v) is 16.2. The molecule has 3 rings (SSSR count). The molecular weight excluding hydrogens is 348 g/mol. The Morgan fingerprint density at radius 3 is 2.69 bits per heavy atom. The maximum atomic E-state index is 13.2. The van der Waals surface area contributed by atoms with Crippen LogP contribution in [0, 0.1) is 13.8 Å². The number of hydrogen-bond acceptors (Lipinski definition) is 5.